The Balaban J connectivity index is 2.86. The van der Waals surface area contributed by atoms with Crippen LogP contribution in [0.5, 0.6) is 5.75 Å². The van der Waals surface area contributed by atoms with Crippen molar-refractivity contribution in [2.45, 2.75) is 6.92 Å². The number of carboxylic acids is 1. The molecule has 1 N–H and O–H groups in total. The maximum atomic E-state index is 11.4. The van der Waals surface area contributed by atoms with Crippen LogP contribution in [0.1, 0.15) is 12.5 Å². The van der Waals surface area contributed by atoms with Crippen molar-refractivity contribution in [3.05, 3.63) is 35.4 Å². The lowest BCUT2D eigenvalue weighted by Crippen LogP contribution is -1.95. The van der Waals surface area contributed by atoms with Gasteiger partial charge in [-0.15, -0.1) is 0 Å². The highest BCUT2D eigenvalue weighted by Gasteiger charge is 2.08. The molecule has 1 aromatic rings. The van der Waals surface area contributed by atoms with E-state index in [9.17, 15) is 9.36 Å². The van der Waals surface area contributed by atoms with Crippen LogP contribution >= 0.6 is 7.37 Å². The van der Waals surface area contributed by atoms with Crippen LogP contribution in [0.4, 0.5) is 0 Å². The molecule has 5 heteroatoms. The maximum absolute atomic E-state index is 11.4. The van der Waals surface area contributed by atoms with Crippen molar-refractivity contribution in [1.29, 1.82) is 0 Å². The smallest absolute Gasteiger partial charge is 0.331 e. The summed E-state index contributed by atoms with van der Waals surface area (Å²) >= 11 is 0. The number of hydrogen-bond acceptors (Lipinski definition) is 3. The van der Waals surface area contributed by atoms with Crippen LogP contribution < -0.4 is 4.52 Å². The summed E-state index contributed by atoms with van der Waals surface area (Å²) in [5.74, 6) is -0.430. The van der Waals surface area contributed by atoms with Gasteiger partial charge in [-0.25, -0.2) is 4.79 Å². The molecule has 0 saturated carbocycles. The summed E-state index contributed by atoms with van der Waals surface area (Å²) in [5.41, 5.74) is 1.02. The molecule has 0 bridgehead atoms. The first kappa shape index (κ1) is 13.5. The van der Waals surface area contributed by atoms with Crippen LogP contribution in [0, 0.1) is 0 Å². The van der Waals surface area contributed by atoms with Gasteiger partial charge in [0.25, 0.3) is 0 Å². The Labute approximate surface area is 100 Å². The highest BCUT2D eigenvalue weighted by molar-refractivity contribution is 7.57. The van der Waals surface area contributed by atoms with Crippen LogP contribution in [-0.2, 0) is 9.36 Å². The van der Waals surface area contributed by atoms with Gasteiger partial charge in [-0.05, 0) is 30.7 Å². The molecule has 0 saturated heterocycles. The fourth-order valence-corrected chi connectivity index (χ4v) is 1.82. The molecule has 0 aliphatic heterocycles. The molecule has 1 rings (SSSR count). The van der Waals surface area contributed by atoms with E-state index in [1.54, 1.807) is 30.3 Å². The molecule has 0 aliphatic carbocycles. The first-order valence-corrected chi connectivity index (χ1v) is 7.56. The fraction of sp³-hybridized carbons (Fsp3) is 0.250. The van der Waals surface area contributed by atoms with Gasteiger partial charge >= 0.3 is 5.97 Å². The molecular formula is C12H15O4P. The standard InChI is InChI=1S/C12H15O4P/c1-9(12(13)14)8-10-4-6-11(7-5-10)16-17(2,3)15/h4-8H,1-3H3,(H,13,14)/b9-8+. The van der Waals surface area contributed by atoms with Crippen molar-refractivity contribution in [2.75, 3.05) is 13.3 Å². The Bertz CT molecular complexity index is 482. The SMILES string of the molecule is C/C(=C\c1ccc(OP(C)(C)=O)cc1)C(=O)O. The summed E-state index contributed by atoms with van der Waals surface area (Å²) in [6.45, 7) is 4.60. The Morgan fingerprint density at radius 1 is 1.29 bits per heavy atom. The van der Waals surface area contributed by atoms with Gasteiger partial charge in [-0.3, -0.25) is 4.57 Å². The molecule has 0 amide bonds. The van der Waals surface area contributed by atoms with Gasteiger partial charge in [0.05, 0.1) is 0 Å². The van der Waals surface area contributed by atoms with Crippen LogP contribution in [0.2, 0.25) is 0 Å². The van der Waals surface area contributed by atoms with E-state index in [0.717, 1.165) is 5.56 Å². The quantitative estimate of drug-likeness (QED) is 0.662. The molecule has 17 heavy (non-hydrogen) atoms. The van der Waals surface area contributed by atoms with Crippen LogP contribution in [0.3, 0.4) is 0 Å². The summed E-state index contributed by atoms with van der Waals surface area (Å²) in [7, 11) is -2.56. The summed E-state index contributed by atoms with van der Waals surface area (Å²) in [4.78, 5) is 10.6. The van der Waals surface area contributed by atoms with E-state index in [0.29, 0.717) is 5.75 Å². The lowest BCUT2D eigenvalue weighted by molar-refractivity contribution is -0.132. The van der Waals surface area contributed by atoms with Crippen LogP contribution in [0.25, 0.3) is 6.08 Å². The van der Waals surface area contributed by atoms with E-state index >= 15 is 0 Å². The molecule has 0 aromatic heterocycles. The number of benzene rings is 1. The van der Waals surface area contributed by atoms with Crippen molar-refractivity contribution in [3.63, 3.8) is 0 Å². The lowest BCUT2D eigenvalue weighted by Gasteiger charge is -2.09. The Kier molecular flexibility index (Phi) is 4.13. The van der Waals surface area contributed by atoms with Gasteiger partial charge in [0.1, 0.15) is 5.75 Å². The number of carbonyl (C=O) groups is 1. The zero-order valence-corrected chi connectivity index (χ0v) is 10.9. The van der Waals surface area contributed by atoms with Gasteiger partial charge in [-0.2, -0.15) is 0 Å². The van der Waals surface area contributed by atoms with E-state index in [1.807, 2.05) is 0 Å². The third-order valence-electron chi connectivity index (χ3n) is 1.93. The van der Waals surface area contributed by atoms with E-state index in [4.69, 9.17) is 9.63 Å². The fourth-order valence-electron chi connectivity index (χ4n) is 1.19. The molecule has 0 fully saturated rings. The van der Waals surface area contributed by atoms with Gasteiger partial charge in [0, 0.05) is 18.9 Å². The third kappa shape index (κ3) is 4.87. The second-order valence-electron chi connectivity index (χ2n) is 4.04. The highest BCUT2D eigenvalue weighted by Crippen LogP contribution is 2.38. The van der Waals surface area contributed by atoms with Crippen molar-refractivity contribution < 1.29 is 19.0 Å². The minimum absolute atomic E-state index is 0.260. The zero-order valence-electron chi connectivity index (χ0n) is 10.0. The molecule has 4 nitrogen and oxygen atoms in total. The van der Waals surface area contributed by atoms with Crippen molar-refractivity contribution in [1.82, 2.24) is 0 Å². The minimum Gasteiger partial charge on any atom is -0.478 e. The first-order valence-electron chi connectivity index (χ1n) is 5.04. The maximum Gasteiger partial charge on any atom is 0.331 e. The number of hydrogen-bond donors (Lipinski definition) is 1. The molecule has 0 spiro atoms. The van der Waals surface area contributed by atoms with Crippen molar-refractivity contribution >= 4 is 19.4 Å². The second-order valence-corrected chi connectivity index (χ2v) is 6.73. The number of aliphatic carboxylic acids is 1. The van der Waals surface area contributed by atoms with Crippen molar-refractivity contribution in [2.24, 2.45) is 0 Å². The second kappa shape index (κ2) is 5.19. The lowest BCUT2D eigenvalue weighted by atomic mass is 10.1. The predicted molar refractivity (Wildman–Crippen MR) is 67.8 cm³/mol. The average Bonchev–Trinajstić information content (AvgIpc) is 2.18. The summed E-state index contributed by atoms with van der Waals surface area (Å²) < 4.78 is 16.7. The Morgan fingerprint density at radius 3 is 2.24 bits per heavy atom. The zero-order chi connectivity index (χ0) is 13.1. The van der Waals surface area contributed by atoms with Gasteiger partial charge in [0.2, 0.25) is 7.37 Å². The molecule has 0 unspecified atom stereocenters. The predicted octanol–water partition coefficient (Wildman–Crippen LogP) is 3.09. The largest absolute Gasteiger partial charge is 0.478 e. The molecule has 0 aliphatic rings. The highest BCUT2D eigenvalue weighted by atomic mass is 31.2. The monoisotopic (exact) mass is 254 g/mol. The molecule has 92 valence electrons. The average molecular weight is 254 g/mol. The van der Waals surface area contributed by atoms with Gasteiger partial charge < -0.3 is 9.63 Å². The minimum atomic E-state index is -2.56. The van der Waals surface area contributed by atoms with Crippen LogP contribution in [0.15, 0.2) is 29.8 Å². The Hall–Kier alpha value is -1.54. The van der Waals surface area contributed by atoms with E-state index in [2.05, 4.69) is 0 Å². The third-order valence-corrected chi connectivity index (χ3v) is 2.58. The van der Waals surface area contributed by atoms with Gasteiger partial charge in [-0.1, -0.05) is 12.1 Å². The molecule has 0 atom stereocenters. The molecule has 0 radical (unpaired) electrons. The number of rotatable bonds is 4. The molecule has 0 heterocycles. The summed E-state index contributed by atoms with van der Waals surface area (Å²) in [6.07, 6.45) is 1.56. The summed E-state index contributed by atoms with van der Waals surface area (Å²) in [6, 6.07) is 6.77. The molecular weight excluding hydrogens is 239 g/mol. The Morgan fingerprint density at radius 2 is 1.82 bits per heavy atom. The normalized spacial score (nSPS) is 12.3. The number of carboxylic acid groups (broad SMARTS) is 1. The molecule has 1 aromatic carbocycles. The first-order chi connectivity index (χ1) is 7.78. The van der Waals surface area contributed by atoms with Crippen molar-refractivity contribution in [3.8, 4) is 5.75 Å². The topological polar surface area (TPSA) is 63.6 Å². The summed E-state index contributed by atoms with van der Waals surface area (Å²) in [5, 5.41) is 8.72. The van der Waals surface area contributed by atoms with E-state index in [1.165, 1.54) is 20.3 Å². The van der Waals surface area contributed by atoms with E-state index in [-0.39, 0.29) is 5.57 Å². The van der Waals surface area contributed by atoms with E-state index < -0.39 is 13.3 Å². The van der Waals surface area contributed by atoms with Gasteiger partial charge in [0.15, 0.2) is 0 Å². The van der Waals surface area contributed by atoms with Crippen LogP contribution in [-0.4, -0.2) is 24.4 Å².